The second kappa shape index (κ2) is 7.66. The van der Waals surface area contributed by atoms with Crippen LogP contribution in [0.3, 0.4) is 0 Å². The van der Waals surface area contributed by atoms with Gasteiger partial charge in [-0.25, -0.2) is 9.18 Å². The normalized spacial score (nSPS) is 18.8. The molecule has 8 heteroatoms. The molecule has 3 aromatic carbocycles. The Morgan fingerprint density at radius 2 is 1.97 bits per heavy atom. The molecule has 0 saturated heterocycles. The number of hydrogen-bond donors (Lipinski definition) is 1. The summed E-state index contributed by atoms with van der Waals surface area (Å²) in [5.41, 5.74) is 3.46. The maximum Gasteiger partial charge on any atom is 0.335 e. The number of anilines is 1. The molecule has 2 atom stereocenters. The van der Waals surface area contributed by atoms with Gasteiger partial charge in [-0.15, -0.1) is 0 Å². The number of nitriles is 1. The first kappa shape index (κ1) is 20.0. The van der Waals surface area contributed by atoms with Gasteiger partial charge in [0.25, 0.3) is 0 Å². The largest absolute Gasteiger partial charge is 0.492 e. The quantitative estimate of drug-likeness (QED) is 0.609. The number of benzene rings is 3. The van der Waals surface area contributed by atoms with Gasteiger partial charge < -0.3 is 9.84 Å². The predicted octanol–water partition coefficient (Wildman–Crippen LogP) is 5.02. The zero-order chi connectivity index (χ0) is 22.4. The van der Waals surface area contributed by atoms with Gasteiger partial charge in [-0.2, -0.15) is 10.4 Å². The van der Waals surface area contributed by atoms with Crippen molar-refractivity contribution >= 4 is 29.0 Å². The van der Waals surface area contributed by atoms with Crippen LogP contribution in [0.2, 0.25) is 5.02 Å². The molecule has 0 amide bonds. The van der Waals surface area contributed by atoms with Crippen molar-refractivity contribution in [3.63, 3.8) is 0 Å². The molecule has 0 aromatic heterocycles. The highest BCUT2D eigenvalue weighted by molar-refractivity contribution is 6.32. The first-order valence-corrected chi connectivity index (χ1v) is 10.2. The summed E-state index contributed by atoms with van der Waals surface area (Å²) < 4.78 is 19.5. The number of aromatic carboxylic acids is 1. The third kappa shape index (κ3) is 3.26. The van der Waals surface area contributed by atoms with E-state index in [1.165, 1.54) is 24.3 Å². The van der Waals surface area contributed by atoms with Crippen molar-refractivity contribution in [1.82, 2.24) is 0 Å². The molecule has 1 N–H and O–H groups in total. The molecule has 0 aliphatic carbocycles. The molecular formula is C24H15ClFN3O3. The molecule has 158 valence electrons. The molecule has 5 rings (SSSR count). The molecule has 32 heavy (non-hydrogen) atoms. The third-order valence-electron chi connectivity index (χ3n) is 5.68. The second-order valence-electron chi connectivity index (χ2n) is 7.54. The van der Waals surface area contributed by atoms with Crippen LogP contribution in [0.4, 0.5) is 10.1 Å². The van der Waals surface area contributed by atoms with Gasteiger partial charge in [0.15, 0.2) is 0 Å². The summed E-state index contributed by atoms with van der Waals surface area (Å²) in [6.07, 6.45) is 0. The van der Waals surface area contributed by atoms with Crippen LogP contribution < -0.4 is 9.75 Å². The van der Waals surface area contributed by atoms with Crippen molar-refractivity contribution in [3.8, 4) is 11.8 Å². The minimum absolute atomic E-state index is 0.131. The van der Waals surface area contributed by atoms with Crippen molar-refractivity contribution in [1.29, 1.82) is 5.26 Å². The minimum atomic E-state index is -1.04. The zero-order valence-electron chi connectivity index (χ0n) is 16.5. The van der Waals surface area contributed by atoms with E-state index in [0.717, 1.165) is 11.3 Å². The van der Waals surface area contributed by atoms with Crippen LogP contribution in [0.15, 0.2) is 65.8 Å². The monoisotopic (exact) mass is 447 g/mol. The first-order valence-electron chi connectivity index (χ1n) is 9.79. The number of hydrogen-bond acceptors (Lipinski definition) is 5. The standard InChI is InChI=1S/C24H15ClFN3O3/c25-20-10-17(7-3-15(20)11-27)29-23(13-1-5-16(26)6-2-13)19-12-32-21-9-14(24(30)31)4-8-18(21)22(19)28-29/h1-10,19,23H,12H2,(H,30,31)/t19-,23-/m1/s1. The molecule has 2 aliphatic rings. The van der Waals surface area contributed by atoms with Crippen LogP contribution in [0, 0.1) is 23.1 Å². The molecule has 0 radical (unpaired) electrons. The average molecular weight is 448 g/mol. The van der Waals surface area contributed by atoms with Crippen molar-refractivity contribution in [2.24, 2.45) is 11.0 Å². The first-order chi connectivity index (χ1) is 15.5. The Balaban J connectivity index is 1.64. The molecule has 0 saturated carbocycles. The number of carboxylic acids is 1. The summed E-state index contributed by atoms with van der Waals surface area (Å²) >= 11 is 6.28. The van der Waals surface area contributed by atoms with Gasteiger partial charge in [-0.3, -0.25) is 5.01 Å². The molecule has 2 heterocycles. The van der Waals surface area contributed by atoms with Crippen molar-refractivity contribution in [2.45, 2.75) is 6.04 Å². The summed E-state index contributed by atoms with van der Waals surface area (Å²) in [5.74, 6) is -1.10. The number of carboxylic acid groups (broad SMARTS) is 1. The highest BCUT2D eigenvalue weighted by atomic mass is 35.5. The Morgan fingerprint density at radius 3 is 2.66 bits per heavy atom. The number of rotatable bonds is 3. The molecule has 0 unspecified atom stereocenters. The Labute approximate surface area is 187 Å². The van der Waals surface area contributed by atoms with E-state index in [2.05, 4.69) is 0 Å². The van der Waals surface area contributed by atoms with Gasteiger partial charge in [-0.1, -0.05) is 23.7 Å². The molecule has 2 aliphatic heterocycles. The van der Waals surface area contributed by atoms with E-state index in [4.69, 9.17) is 21.4 Å². The van der Waals surface area contributed by atoms with Crippen molar-refractivity contribution in [3.05, 3.63) is 93.8 Å². The smallest absolute Gasteiger partial charge is 0.335 e. The molecular weight excluding hydrogens is 433 g/mol. The number of fused-ring (bicyclic) bond motifs is 3. The van der Waals surface area contributed by atoms with E-state index in [1.54, 1.807) is 41.4 Å². The molecule has 3 aromatic rings. The Hall–Kier alpha value is -3.89. The maximum atomic E-state index is 13.6. The lowest BCUT2D eigenvalue weighted by molar-refractivity contribution is 0.0696. The van der Waals surface area contributed by atoms with E-state index < -0.39 is 5.97 Å². The van der Waals surface area contributed by atoms with E-state index in [-0.39, 0.29) is 29.9 Å². The van der Waals surface area contributed by atoms with Crippen LogP contribution >= 0.6 is 11.6 Å². The predicted molar refractivity (Wildman–Crippen MR) is 117 cm³/mol. The van der Waals surface area contributed by atoms with E-state index >= 15 is 0 Å². The zero-order valence-corrected chi connectivity index (χ0v) is 17.3. The third-order valence-corrected chi connectivity index (χ3v) is 6.00. The fraction of sp³-hybridized carbons (Fsp3) is 0.125. The minimum Gasteiger partial charge on any atom is -0.492 e. The topological polar surface area (TPSA) is 85.9 Å². The van der Waals surface area contributed by atoms with Gasteiger partial charge in [0.1, 0.15) is 17.6 Å². The summed E-state index contributed by atoms with van der Waals surface area (Å²) in [5, 5.41) is 25.4. The van der Waals surface area contributed by atoms with Crippen LogP contribution in [0.1, 0.15) is 33.1 Å². The summed E-state index contributed by atoms with van der Waals surface area (Å²) in [6.45, 7) is 0.275. The summed E-state index contributed by atoms with van der Waals surface area (Å²) in [4.78, 5) is 11.3. The lowest BCUT2D eigenvalue weighted by Gasteiger charge is -2.31. The molecule has 0 bridgehead atoms. The van der Waals surface area contributed by atoms with Gasteiger partial charge in [0.2, 0.25) is 0 Å². The Bertz CT molecular complexity index is 1320. The lowest BCUT2D eigenvalue weighted by atomic mass is 9.85. The molecule has 6 nitrogen and oxygen atoms in total. The molecule has 0 spiro atoms. The van der Waals surface area contributed by atoms with E-state index in [0.29, 0.717) is 27.6 Å². The average Bonchev–Trinajstić information content (AvgIpc) is 3.19. The lowest BCUT2D eigenvalue weighted by Crippen LogP contribution is -2.33. The summed E-state index contributed by atoms with van der Waals surface area (Å²) in [6, 6.07) is 17.7. The Morgan fingerprint density at radius 1 is 1.19 bits per heavy atom. The van der Waals surface area contributed by atoms with Gasteiger partial charge in [-0.05, 0) is 54.1 Å². The number of hydrazone groups is 1. The van der Waals surface area contributed by atoms with E-state index in [9.17, 15) is 19.6 Å². The molecule has 0 fully saturated rings. The van der Waals surface area contributed by atoms with Crippen LogP contribution in [0.5, 0.6) is 5.75 Å². The highest BCUT2D eigenvalue weighted by Crippen LogP contribution is 2.45. The van der Waals surface area contributed by atoms with Crippen LogP contribution in [-0.2, 0) is 0 Å². The fourth-order valence-electron chi connectivity index (χ4n) is 4.15. The Kier molecular flexibility index (Phi) is 4.80. The number of ether oxygens (including phenoxy) is 1. The highest BCUT2D eigenvalue weighted by Gasteiger charge is 2.43. The van der Waals surface area contributed by atoms with E-state index in [1.807, 2.05) is 6.07 Å². The maximum absolute atomic E-state index is 13.6. The summed E-state index contributed by atoms with van der Waals surface area (Å²) in [7, 11) is 0. The number of halogens is 2. The number of carbonyl (C=O) groups is 1. The van der Waals surface area contributed by atoms with Gasteiger partial charge >= 0.3 is 5.97 Å². The van der Waals surface area contributed by atoms with Crippen LogP contribution in [0.25, 0.3) is 0 Å². The van der Waals surface area contributed by atoms with Gasteiger partial charge in [0.05, 0.1) is 46.1 Å². The second-order valence-corrected chi connectivity index (χ2v) is 7.94. The van der Waals surface area contributed by atoms with Crippen molar-refractivity contribution in [2.75, 3.05) is 11.6 Å². The fourth-order valence-corrected chi connectivity index (χ4v) is 4.37. The number of nitrogens with zero attached hydrogens (tertiary/aromatic N) is 3. The van der Waals surface area contributed by atoms with Crippen molar-refractivity contribution < 1.29 is 19.0 Å². The SMILES string of the molecule is N#Cc1ccc(N2N=C3c4ccc(C(=O)O)cc4OC[C@H]3[C@H]2c2ccc(F)cc2)cc1Cl. The van der Waals surface area contributed by atoms with Gasteiger partial charge in [0, 0.05) is 5.56 Å². The van der Waals surface area contributed by atoms with Crippen LogP contribution in [-0.4, -0.2) is 23.4 Å².